The second-order valence-corrected chi connectivity index (χ2v) is 5.52. The Morgan fingerprint density at radius 2 is 2.25 bits per heavy atom. The van der Waals surface area contributed by atoms with E-state index in [-0.39, 0.29) is 11.8 Å². The lowest BCUT2D eigenvalue weighted by Crippen LogP contribution is -2.23. The van der Waals surface area contributed by atoms with Crippen LogP contribution in [0, 0.1) is 11.8 Å². The number of anilines is 1. The smallest absolute Gasteiger partial charge is 0.224 e. The monoisotopic (exact) mass is 275 g/mol. The van der Waals surface area contributed by atoms with Crippen molar-refractivity contribution in [2.75, 3.05) is 11.9 Å². The van der Waals surface area contributed by atoms with Crippen molar-refractivity contribution in [3.05, 3.63) is 18.5 Å². The van der Waals surface area contributed by atoms with Crippen LogP contribution in [0.2, 0.25) is 0 Å². The molecule has 2 aromatic heterocycles. The van der Waals surface area contributed by atoms with E-state index in [2.05, 4.69) is 34.3 Å². The van der Waals surface area contributed by atoms with Gasteiger partial charge in [0.05, 0.1) is 18.1 Å². The summed E-state index contributed by atoms with van der Waals surface area (Å²) in [6, 6.07) is 1.85. The molecule has 0 fully saturated rings. The molecule has 2 heterocycles. The highest BCUT2D eigenvalue weighted by Crippen LogP contribution is 2.17. The van der Waals surface area contributed by atoms with E-state index in [1.807, 2.05) is 6.07 Å². The maximum absolute atomic E-state index is 12.0. The molecule has 1 amide bonds. The van der Waals surface area contributed by atoms with E-state index >= 15 is 0 Å². The zero-order chi connectivity index (χ0) is 14.5. The molecule has 6 heteroatoms. The van der Waals surface area contributed by atoms with Crippen molar-refractivity contribution in [1.82, 2.24) is 15.2 Å². The van der Waals surface area contributed by atoms with E-state index in [9.17, 15) is 4.79 Å². The third-order valence-electron chi connectivity index (χ3n) is 3.19. The number of carbonyl (C=O) groups is 1. The van der Waals surface area contributed by atoms with Crippen LogP contribution in [0.3, 0.4) is 0 Å². The predicted octanol–water partition coefficient (Wildman–Crippen LogP) is 1.91. The number of hydrogen-bond acceptors (Lipinski definition) is 4. The maximum Gasteiger partial charge on any atom is 0.224 e. The number of nitrogens with one attached hydrogen (secondary N) is 2. The van der Waals surface area contributed by atoms with Gasteiger partial charge in [0.25, 0.3) is 0 Å². The first-order valence-electron chi connectivity index (χ1n) is 6.87. The van der Waals surface area contributed by atoms with Crippen molar-refractivity contribution in [2.24, 2.45) is 17.6 Å². The Hall–Kier alpha value is -1.95. The third-order valence-corrected chi connectivity index (χ3v) is 3.19. The first kappa shape index (κ1) is 14.5. The highest BCUT2D eigenvalue weighted by Gasteiger charge is 2.14. The fourth-order valence-electron chi connectivity index (χ4n) is 2.31. The summed E-state index contributed by atoms with van der Waals surface area (Å²) in [6.45, 7) is 4.80. The molecule has 0 aliphatic rings. The molecule has 0 bridgehead atoms. The van der Waals surface area contributed by atoms with Crippen molar-refractivity contribution >= 4 is 22.6 Å². The molecule has 2 rings (SSSR count). The second kappa shape index (κ2) is 6.47. The summed E-state index contributed by atoms with van der Waals surface area (Å²) in [6.07, 6.45) is 4.71. The lowest BCUT2D eigenvalue weighted by molar-refractivity contribution is -0.117. The molecule has 0 unspecified atom stereocenters. The van der Waals surface area contributed by atoms with Crippen LogP contribution in [0.15, 0.2) is 18.5 Å². The molecule has 0 aromatic carbocycles. The Labute approximate surface area is 118 Å². The molecule has 2 aromatic rings. The molecule has 6 nitrogen and oxygen atoms in total. The van der Waals surface area contributed by atoms with Crippen molar-refractivity contribution in [3.63, 3.8) is 0 Å². The minimum absolute atomic E-state index is 0.0225. The number of amides is 1. The van der Waals surface area contributed by atoms with Gasteiger partial charge in [0.1, 0.15) is 0 Å². The van der Waals surface area contributed by atoms with Gasteiger partial charge in [-0.2, -0.15) is 5.10 Å². The maximum atomic E-state index is 12.0. The van der Waals surface area contributed by atoms with Crippen LogP contribution in [0.4, 0.5) is 5.69 Å². The van der Waals surface area contributed by atoms with Gasteiger partial charge in [0, 0.05) is 11.8 Å². The number of hydrogen-bond donors (Lipinski definition) is 3. The fourth-order valence-corrected chi connectivity index (χ4v) is 2.31. The van der Waals surface area contributed by atoms with Crippen molar-refractivity contribution in [2.45, 2.75) is 26.7 Å². The first-order valence-corrected chi connectivity index (χ1v) is 6.87. The number of nitrogens with zero attached hydrogens (tertiary/aromatic N) is 2. The van der Waals surface area contributed by atoms with Crippen LogP contribution in [0.1, 0.15) is 26.7 Å². The molecule has 0 saturated carbocycles. The molecule has 0 aliphatic carbocycles. The summed E-state index contributed by atoms with van der Waals surface area (Å²) in [4.78, 5) is 16.2. The average Bonchev–Trinajstić information content (AvgIpc) is 2.84. The highest BCUT2D eigenvalue weighted by molar-refractivity contribution is 5.92. The Balaban J connectivity index is 1.96. The molecular weight excluding hydrogens is 254 g/mol. The predicted molar refractivity (Wildman–Crippen MR) is 79.1 cm³/mol. The van der Waals surface area contributed by atoms with Crippen LogP contribution in [-0.4, -0.2) is 27.6 Å². The summed E-state index contributed by atoms with van der Waals surface area (Å²) < 4.78 is 0. The van der Waals surface area contributed by atoms with Crippen LogP contribution in [0.25, 0.3) is 11.0 Å². The van der Waals surface area contributed by atoms with E-state index in [0.717, 1.165) is 11.8 Å². The molecular formula is C14H21N5O. The van der Waals surface area contributed by atoms with Gasteiger partial charge in [-0.05, 0) is 30.9 Å². The summed E-state index contributed by atoms with van der Waals surface area (Å²) in [5, 5.41) is 10.4. The number of H-pyrrole nitrogens is 1. The van der Waals surface area contributed by atoms with Gasteiger partial charge >= 0.3 is 0 Å². The molecule has 0 radical (unpaired) electrons. The van der Waals surface area contributed by atoms with E-state index < -0.39 is 0 Å². The SMILES string of the molecule is CC(C)C[C@H](CN)CC(=O)Nc1cnc2[nH]ncc2c1. The number of pyridine rings is 1. The number of carbonyl (C=O) groups excluding carboxylic acids is 1. The minimum Gasteiger partial charge on any atom is -0.330 e. The van der Waals surface area contributed by atoms with Crippen LogP contribution >= 0.6 is 0 Å². The van der Waals surface area contributed by atoms with E-state index in [1.54, 1.807) is 12.4 Å². The molecule has 0 spiro atoms. The van der Waals surface area contributed by atoms with E-state index in [4.69, 9.17) is 5.73 Å². The highest BCUT2D eigenvalue weighted by atomic mass is 16.1. The molecule has 1 atom stereocenters. The summed E-state index contributed by atoms with van der Waals surface area (Å²) in [5.74, 6) is 0.742. The van der Waals surface area contributed by atoms with Crippen molar-refractivity contribution in [3.8, 4) is 0 Å². The van der Waals surface area contributed by atoms with Gasteiger partial charge in [-0.25, -0.2) is 4.98 Å². The minimum atomic E-state index is -0.0225. The van der Waals surface area contributed by atoms with Gasteiger partial charge in [0.15, 0.2) is 5.65 Å². The van der Waals surface area contributed by atoms with Crippen molar-refractivity contribution < 1.29 is 4.79 Å². The van der Waals surface area contributed by atoms with Gasteiger partial charge in [0.2, 0.25) is 5.91 Å². The number of nitrogens with two attached hydrogens (primary N) is 1. The van der Waals surface area contributed by atoms with Crippen LogP contribution in [-0.2, 0) is 4.79 Å². The third kappa shape index (κ3) is 3.77. The normalized spacial score (nSPS) is 12.8. The largest absolute Gasteiger partial charge is 0.330 e. The summed E-state index contributed by atoms with van der Waals surface area (Å²) in [7, 11) is 0. The zero-order valence-electron chi connectivity index (χ0n) is 11.9. The van der Waals surface area contributed by atoms with Crippen LogP contribution < -0.4 is 11.1 Å². The molecule has 0 saturated heterocycles. The average molecular weight is 275 g/mol. The Kier molecular flexibility index (Phi) is 4.68. The molecule has 4 N–H and O–H groups in total. The number of fused-ring (bicyclic) bond motifs is 1. The Bertz CT molecular complexity index is 578. The van der Waals surface area contributed by atoms with Gasteiger partial charge in [-0.15, -0.1) is 0 Å². The lowest BCUT2D eigenvalue weighted by Gasteiger charge is -2.16. The van der Waals surface area contributed by atoms with E-state index in [1.165, 1.54) is 0 Å². The van der Waals surface area contributed by atoms with Gasteiger partial charge in [-0.3, -0.25) is 9.89 Å². The lowest BCUT2D eigenvalue weighted by atomic mass is 9.94. The molecule has 20 heavy (non-hydrogen) atoms. The molecule has 0 aliphatic heterocycles. The summed E-state index contributed by atoms with van der Waals surface area (Å²) >= 11 is 0. The first-order chi connectivity index (χ1) is 9.58. The van der Waals surface area contributed by atoms with Crippen molar-refractivity contribution in [1.29, 1.82) is 0 Å². The number of aromatic amines is 1. The fraction of sp³-hybridized carbons (Fsp3) is 0.500. The Morgan fingerprint density at radius 3 is 2.95 bits per heavy atom. The molecule has 108 valence electrons. The van der Waals surface area contributed by atoms with Gasteiger partial charge < -0.3 is 11.1 Å². The van der Waals surface area contributed by atoms with Gasteiger partial charge in [-0.1, -0.05) is 13.8 Å². The number of aromatic nitrogens is 3. The Morgan fingerprint density at radius 1 is 1.45 bits per heavy atom. The second-order valence-electron chi connectivity index (χ2n) is 5.52. The van der Waals surface area contributed by atoms with E-state index in [0.29, 0.717) is 30.2 Å². The topological polar surface area (TPSA) is 96.7 Å². The number of rotatable bonds is 6. The standard InChI is InChI=1S/C14H21N5O/c1-9(2)3-10(6-15)4-13(20)18-12-5-11-7-17-19-14(11)16-8-12/h5,7-10H,3-4,6,15H2,1-2H3,(H,18,20)(H,16,17,19)/t10-/m0/s1. The van der Waals surface area contributed by atoms with Crippen LogP contribution in [0.5, 0.6) is 0 Å². The zero-order valence-corrected chi connectivity index (χ0v) is 11.9. The quantitative estimate of drug-likeness (QED) is 0.750. The summed E-state index contributed by atoms with van der Waals surface area (Å²) in [5.41, 5.74) is 7.11.